The molecule has 1 aliphatic heterocycles. The van der Waals surface area contributed by atoms with Gasteiger partial charge in [-0.3, -0.25) is 19.2 Å². The lowest BCUT2D eigenvalue weighted by Crippen LogP contribution is -2.47. The van der Waals surface area contributed by atoms with Crippen LogP contribution >= 0.6 is 35.3 Å². The predicted molar refractivity (Wildman–Crippen MR) is 275 cm³/mol. The topological polar surface area (TPSA) is 115 Å². The van der Waals surface area contributed by atoms with E-state index in [4.69, 9.17) is 16.3 Å². The first kappa shape index (κ1) is 52.0. The third kappa shape index (κ3) is 15.6. The molecule has 370 valence electrons. The van der Waals surface area contributed by atoms with Crippen LogP contribution in [0.4, 0.5) is 24.5 Å². The molecule has 17 heteroatoms. The van der Waals surface area contributed by atoms with E-state index in [-0.39, 0.29) is 33.6 Å². The van der Waals surface area contributed by atoms with Crippen molar-refractivity contribution in [1.29, 1.82) is 0 Å². The summed E-state index contributed by atoms with van der Waals surface area (Å²) in [7, 11) is 3.43. The molecule has 0 saturated carbocycles. The van der Waals surface area contributed by atoms with E-state index in [1.807, 2.05) is 43.4 Å². The number of carbonyl (C=O) groups excluding carboxylic acids is 2. The van der Waals surface area contributed by atoms with Gasteiger partial charge in [0, 0.05) is 89.5 Å². The summed E-state index contributed by atoms with van der Waals surface area (Å²) in [6.07, 6.45) is 11.6. The summed E-state index contributed by atoms with van der Waals surface area (Å²) >= 11 is 7.02. The van der Waals surface area contributed by atoms with Crippen LogP contribution in [0.15, 0.2) is 101 Å². The molecule has 69 heavy (non-hydrogen) atoms. The van der Waals surface area contributed by atoms with Crippen LogP contribution in [0.1, 0.15) is 87.6 Å². The SMILES string of the molecule is COC(=O)CCCCCCN(C)CCCNc1ccc(SNC(=O)c2ccc(N3CCN(CC4=C(c5ccc(Cl)cc5)CC(C)(C)CC4)CC3)cc2Oc2cnc3[nH]ccc3c2)cc1SC(F)(F)F. The number of H-pyrrole nitrogens is 1. The highest BCUT2D eigenvalue weighted by molar-refractivity contribution is 8.00. The summed E-state index contributed by atoms with van der Waals surface area (Å²) in [5.74, 6) is 0.147. The van der Waals surface area contributed by atoms with Gasteiger partial charge in [0.05, 0.1) is 18.9 Å². The Morgan fingerprint density at radius 1 is 0.942 bits per heavy atom. The fourth-order valence-corrected chi connectivity index (χ4v) is 10.4. The average molecular weight is 1010 g/mol. The Morgan fingerprint density at radius 3 is 2.48 bits per heavy atom. The molecule has 2 aromatic heterocycles. The number of hydrogen-bond donors (Lipinski definition) is 3. The number of fused-ring (bicyclic) bond motifs is 1. The number of aromatic amines is 1. The van der Waals surface area contributed by atoms with Gasteiger partial charge in [-0.1, -0.05) is 56.0 Å². The van der Waals surface area contributed by atoms with Gasteiger partial charge < -0.3 is 29.6 Å². The van der Waals surface area contributed by atoms with Crippen molar-refractivity contribution >= 4 is 75.2 Å². The summed E-state index contributed by atoms with van der Waals surface area (Å²) < 4.78 is 55.4. The van der Waals surface area contributed by atoms with Gasteiger partial charge in [0.15, 0.2) is 0 Å². The molecule has 0 atom stereocenters. The van der Waals surface area contributed by atoms with E-state index in [9.17, 15) is 22.8 Å². The molecular weight excluding hydrogens is 943 g/mol. The van der Waals surface area contributed by atoms with Gasteiger partial charge in [-0.25, -0.2) is 4.98 Å². The number of carbonyl (C=O) groups is 2. The minimum atomic E-state index is -4.51. The lowest BCUT2D eigenvalue weighted by atomic mass is 9.72. The Hall–Kier alpha value is -4.87. The fourth-order valence-electron chi connectivity index (χ4n) is 8.85. The Bertz CT molecular complexity index is 2550. The number of halogens is 4. The second kappa shape index (κ2) is 24.3. The first-order valence-corrected chi connectivity index (χ1v) is 25.7. The Kier molecular flexibility index (Phi) is 18.3. The molecular formula is C52H63ClF3N7O4S2. The van der Waals surface area contributed by atoms with Crippen LogP contribution in [0.25, 0.3) is 16.6 Å². The van der Waals surface area contributed by atoms with Gasteiger partial charge in [-0.2, -0.15) is 13.2 Å². The molecule has 1 aliphatic carbocycles. The third-order valence-electron chi connectivity index (χ3n) is 12.7. The Morgan fingerprint density at radius 2 is 1.71 bits per heavy atom. The summed E-state index contributed by atoms with van der Waals surface area (Å²) in [4.78, 5) is 40.3. The van der Waals surface area contributed by atoms with Gasteiger partial charge in [-0.15, -0.1) is 0 Å². The van der Waals surface area contributed by atoms with E-state index < -0.39 is 11.4 Å². The van der Waals surface area contributed by atoms with Crippen molar-refractivity contribution in [1.82, 2.24) is 24.5 Å². The number of allylic oxidation sites excluding steroid dienone is 1. The molecule has 3 aromatic carbocycles. The van der Waals surface area contributed by atoms with E-state index >= 15 is 0 Å². The number of nitrogens with one attached hydrogen (secondary N) is 3. The second-order valence-electron chi connectivity index (χ2n) is 18.6. The lowest BCUT2D eigenvalue weighted by Gasteiger charge is -2.39. The standard InChI is InChI=1S/C52H63ClF3N7O4S2/c1-51(2)21-19-38(44(33-51)36-11-13-39(53)14-12-36)35-62-26-28-63(29-27-62)40-15-17-43(46(31-40)67-41-30-37-20-23-58-49(37)59-34-41)50(65)60-69-42-16-18-45(47(32-42)68-52(54,55)56)57-22-9-25-61(3)24-8-6-5-7-10-48(64)66-4/h11-18,20,23,30-32,34,57H,5-10,19,21-22,24-29,33,35H2,1-4H3,(H,58,59)(H,60,65). The van der Waals surface area contributed by atoms with Crippen LogP contribution in [0.3, 0.4) is 0 Å². The number of alkyl halides is 3. The highest BCUT2D eigenvalue weighted by atomic mass is 35.5. The van der Waals surface area contributed by atoms with Crippen molar-refractivity contribution in [2.45, 2.75) is 86.9 Å². The molecule has 0 radical (unpaired) electrons. The number of benzene rings is 3. The number of anilines is 2. The smallest absolute Gasteiger partial charge is 0.446 e. The molecule has 7 rings (SSSR count). The number of hydrogen-bond acceptors (Lipinski definition) is 11. The molecule has 1 fully saturated rings. The zero-order valence-electron chi connectivity index (χ0n) is 39.9. The third-order valence-corrected chi connectivity index (χ3v) is 14.5. The molecule has 1 saturated heterocycles. The van der Waals surface area contributed by atoms with Gasteiger partial charge in [0.25, 0.3) is 5.91 Å². The van der Waals surface area contributed by atoms with Gasteiger partial charge in [-0.05, 0) is 154 Å². The van der Waals surface area contributed by atoms with Crippen molar-refractivity contribution in [3.63, 3.8) is 0 Å². The van der Waals surface area contributed by atoms with Crippen LogP contribution in [-0.2, 0) is 9.53 Å². The monoisotopic (exact) mass is 1010 g/mol. The van der Waals surface area contributed by atoms with E-state index in [1.54, 1.807) is 30.6 Å². The van der Waals surface area contributed by atoms with Gasteiger partial charge >= 0.3 is 11.5 Å². The normalized spacial score (nSPS) is 15.5. The lowest BCUT2D eigenvalue weighted by molar-refractivity contribution is -0.140. The van der Waals surface area contributed by atoms with Crippen LogP contribution in [0, 0.1) is 5.41 Å². The van der Waals surface area contributed by atoms with Crippen LogP contribution in [-0.4, -0.2) is 104 Å². The zero-order valence-corrected chi connectivity index (χ0v) is 42.2. The number of amides is 1. The number of aromatic nitrogens is 2. The number of nitrogens with zero attached hydrogens (tertiary/aromatic N) is 4. The molecule has 5 aromatic rings. The van der Waals surface area contributed by atoms with Crippen molar-refractivity contribution in [3.05, 3.63) is 107 Å². The highest BCUT2D eigenvalue weighted by Gasteiger charge is 2.32. The molecule has 0 unspecified atom stereocenters. The van der Waals surface area contributed by atoms with Gasteiger partial charge in [0.1, 0.15) is 17.1 Å². The largest absolute Gasteiger partial charge is 0.469 e. The zero-order chi connectivity index (χ0) is 49.0. The van der Waals surface area contributed by atoms with Crippen LogP contribution in [0.2, 0.25) is 5.02 Å². The van der Waals surface area contributed by atoms with Crippen LogP contribution in [0.5, 0.6) is 11.5 Å². The second-order valence-corrected chi connectivity index (χ2v) is 21.0. The summed E-state index contributed by atoms with van der Waals surface area (Å²) in [6.45, 7) is 11.1. The minimum Gasteiger partial charge on any atom is -0.469 e. The van der Waals surface area contributed by atoms with Crippen molar-refractivity contribution in [2.24, 2.45) is 5.41 Å². The predicted octanol–water partition coefficient (Wildman–Crippen LogP) is 12.7. The average Bonchev–Trinajstić information content (AvgIpc) is 3.80. The maximum absolute atomic E-state index is 14.0. The maximum atomic E-state index is 14.0. The van der Waals surface area contributed by atoms with Crippen molar-refractivity contribution < 1.29 is 32.2 Å². The fraction of sp³-hybridized carbons (Fsp3) is 0.442. The highest BCUT2D eigenvalue weighted by Crippen LogP contribution is 2.44. The molecule has 2 aliphatic rings. The summed E-state index contributed by atoms with van der Waals surface area (Å²) in [6, 6.07) is 22.3. The maximum Gasteiger partial charge on any atom is 0.446 e. The molecule has 1 amide bonds. The number of piperazine rings is 1. The summed E-state index contributed by atoms with van der Waals surface area (Å²) in [5, 5.41) is 4.78. The number of pyridine rings is 1. The van der Waals surface area contributed by atoms with E-state index in [0.717, 1.165) is 125 Å². The Balaban J connectivity index is 0.985. The Labute approximate surface area is 417 Å². The van der Waals surface area contributed by atoms with Crippen LogP contribution < -0.4 is 19.7 Å². The van der Waals surface area contributed by atoms with E-state index in [2.05, 4.69) is 65.4 Å². The number of rotatable bonds is 22. The molecule has 3 N–H and O–H groups in total. The van der Waals surface area contributed by atoms with E-state index in [1.165, 1.54) is 29.9 Å². The molecule has 11 nitrogen and oxygen atoms in total. The van der Waals surface area contributed by atoms with Crippen molar-refractivity contribution in [2.75, 3.05) is 76.7 Å². The number of methoxy groups -OCH3 is 1. The van der Waals surface area contributed by atoms with E-state index in [0.29, 0.717) is 40.7 Å². The molecule has 0 bridgehead atoms. The molecule has 3 heterocycles. The molecule has 0 spiro atoms. The number of ether oxygens (including phenoxy) is 2. The summed E-state index contributed by atoms with van der Waals surface area (Å²) in [5.41, 5.74) is 2.17. The number of unbranched alkanes of at least 4 members (excludes halogenated alkanes) is 3. The quantitative estimate of drug-likeness (QED) is 0.0266. The number of esters is 1. The van der Waals surface area contributed by atoms with Gasteiger partial charge in [0.2, 0.25) is 0 Å². The minimum absolute atomic E-state index is 0.0181. The van der Waals surface area contributed by atoms with Crippen molar-refractivity contribution in [3.8, 4) is 11.5 Å². The first-order chi connectivity index (χ1) is 33.1. The first-order valence-electron chi connectivity index (χ1n) is 23.7. The number of thioether (sulfide) groups is 1.